The molecule has 2 heterocycles. The quantitative estimate of drug-likeness (QED) is 0.793. The number of nitrogens with two attached hydrogens (primary N) is 1. The van der Waals surface area contributed by atoms with Crippen LogP contribution in [0.1, 0.15) is 38.3 Å². The molecule has 2 aromatic heterocycles. The van der Waals surface area contributed by atoms with Crippen molar-refractivity contribution in [2.24, 2.45) is 0 Å². The molecular formula is C16H21N3O. The highest BCUT2D eigenvalue weighted by Gasteiger charge is 2.09. The van der Waals surface area contributed by atoms with Crippen molar-refractivity contribution in [1.29, 1.82) is 0 Å². The molecule has 4 nitrogen and oxygen atoms in total. The summed E-state index contributed by atoms with van der Waals surface area (Å²) in [7, 11) is 0. The molecule has 2 rings (SSSR count). The summed E-state index contributed by atoms with van der Waals surface area (Å²) in [6.07, 6.45) is 7.25. The van der Waals surface area contributed by atoms with Crippen LogP contribution in [0, 0.1) is 0 Å². The third kappa shape index (κ3) is 3.47. The number of nitrogen functional groups attached to an aromatic ring is 1. The lowest BCUT2D eigenvalue weighted by Gasteiger charge is -2.10. The highest BCUT2D eigenvalue weighted by Crippen LogP contribution is 2.22. The molecule has 0 saturated heterocycles. The van der Waals surface area contributed by atoms with Gasteiger partial charge < -0.3 is 10.7 Å². The highest BCUT2D eigenvalue weighted by atomic mass is 16.1. The second-order valence-electron chi connectivity index (χ2n) is 4.97. The fourth-order valence-electron chi connectivity index (χ4n) is 2.26. The molecule has 2 aromatic rings. The number of aryl methyl sites for hydroxylation is 1. The lowest BCUT2D eigenvalue weighted by molar-refractivity contribution is 0.660. The van der Waals surface area contributed by atoms with Crippen LogP contribution >= 0.6 is 0 Å². The van der Waals surface area contributed by atoms with Crippen LogP contribution in [-0.2, 0) is 6.42 Å². The molecular weight excluding hydrogens is 250 g/mol. The SMILES string of the molecule is CCCCCCc1[nH]c(=O)c(N)cc1-c1ccccn1. The van der Waals surface area contributed by atoms with Crippen molar-refractivity contribution in [3.8, 4) is 11.3 Å². The van der Waals surface area contributed by atoms with Crippen molar-refractivity contribution in [2.45, 2.75) is 39.0 Å². The van der Waals surface area contributed by atoms with Gasteiger partial charge in [0.15, 0.2) is 0 Å². The van der Waals surface area contributed by atoms with E-state index in [1.54, 1.807) is 12.3 Å². The molecule has 0 radical (unpaired) electrons. The van der Waals surface area contributed by atoms with E-state index in [2.05, 4.69) is 16.9 Å². The van der Waals surface area contributed by atoms with Crippen molar-refractivity contribution in [3.05, 3.63) is 46.5 Å². The predicted octanol–water partition coefficient (Wildman–Crippen LogP) is 3.14. The average molecular weight is 271 g/mol. The number of H-pyrrole nitrogens is 1. The van der Waals surface area contributed by atoms with Crippen LogP contribution in [0.5, 0.6) is 0 Å². The largest absolute Gasteiger partial charge is 0.394 e. The number of hydrogen-bond donors (Lipinski definition) is 2. The molecule has 0 aromatic carbocycles. The first-order chi connectivity index (χ1) is 9.72. The number of aromatic amines is 1. The van der Waals surface area contributed by atoms with Crippen LogP contribution in [0.15, 0.2) is 35.3 Å². The molecule has 0 aliphatic rings. The number of pyridine rings is 2. The normalized spacial score (nSPS) is 10.7. The number of anilines is 1. The number of unbranched alkanes of at least 4 members (excludes halogenated alkanes) is 3. The third-order valence-electron chi connectivity index (χ3n) is 3.37. The maximum Gasteiger partial charge on any atom is 0.271 e. The molecule has 4 heteroatoms. The van der Waals surface area contributed by atoms with E-state index in [-0.39, 0.29) is 11.2 Å². The van der Waals surface area contributed by atoms with Crippen LogP contribution < -0.4 is 11.3 Å². The van der Waals surface area contributed by atoms with E-state index >= 15 is 0 Å². The molecule has 0 fully saturated rings. The Morgan fingerprint density at radius 1 is 1.25 bits per heavy atom. The Bertz CT molecular complexity index is 605. The molecule has 0 aliphatic carbocycles. The van der Waals surface area contributed by atoms with Crippen LogP contribution in [-0.4, -0.2) is 9.97 Å². The average Bonchev–Trinajstić information content (AvgIpc) is 2.48. The number of hydrogen-bond acceptors (Lipinski definition) is 3. The van der Waals surface area contributed by atoms with Gasteiger partial charge in [-0.1, -0.05) is 32.3 Å². The summed E-state index contributed by atoms with van der Waals surface area (Å²) >= 11 is 0. The van der Waals surface area contributed by atoms with Crippen LogP contribution in [0.4, 0.5) is 5.69 Å². The summed E-state index contributed by atoms with van der Waals surface area (Å²) in [5.41, 5.74) is 8.47. The fourth-order valence-corrected chi connectivity index (χ4v) is 2.26. The van der Waals surface area contributed by atoms with Crippen molar-refractivity contribution in [1.82, 2.24) is 9.97 Å². The van der Waals surface area contributed by atoms with Gasteiger partial charge in [-0.3, -0.25) is 9.78 Å². The molecule has 0 atom stereocenters. The van der Waals surface area contributed by atoms with Gasteiger partial charge in [-0.25, -0.2) is 0 Å². The lowest BCUT2D eigenvalue weighted by atomic mass is 10.0. The van der Waals surface area contributed by atoms with Crippen LogP contribution in [0.25, 0.3) is 11.3 Å². The Hall–Kier alpha value is -2.10. The minimum Gasteiger partial charge on any atom is -0.394 e. The van der Waals surface area contributed by atoms with Gasteiger partial charge in [0.05, 0.1) is 11.4 Å². The topological polar surface area (TPSA) is 71.8 Å². The van der Waals surface area contributed by atoms with Crippen molar-refractivity contribution >= 4 is 5.69 Å². The summed E-state index contributed by atoms with van der Waals surface area (Å²) in [5.74, 6) is 0. The number of nitrogens with zero attached hydrogens (tertiary/aromatic N) is 1. The standard InChI is InChI=1S/C16H21N3O/c1-2-3-4-5-9-15-12(11-13(17)16(20)19-15)14-8-6-7-10-18-14/h6-8,10-11H,2-5,9,17H2,1H3,(H,19,20). The molecule has 0 spiro atoms. The number of nitrogens with one attached hydrogen (secondary N) is 1. The van der Waals surface area contributed by atoms with Gasteiger partial charge in [0.2, 0.25) is 0 Å². The van der Waals surface area contributed by atoms with Crippen molar-refractivity contribution < 1.29 is 0 Å². The summed E-state index contributed by atoms with van der Waals surface area (Å²) < 4.78 is 0. The third-order valence-corrected chi connectivity index (χ3v) is 3.37. The van der Waals surface area contributed by atoms with Crippen molar-refractivity contribution in [3.63, 3.8) is 0 Å². The molecule has 0 aliphatic heterocycles. The van der Waals surface area contributed by atoms with Gasteiger partial charge in [-0.2, -0.15) is 0 Å². The van der Waals surface area contributed by atoms with E-state index in [0.717, 1.165) is 29.8 Å². The van der Waals surface area contributed by atoms with Gasteiger partial charge in [-0.05, 0) is 31.0 Å². The maximum absolute atomic E-state index is 11.7. The van der Waals surface area contributed by atoms with Gasteiger partial charge in [0.1, 0.15) is 0 Å². The van der Waals surface area contributed by atoms with E-state index < -0.39 is 0 Å². The lowest BCUT2D eigenvalue weighted by Crippen LogP contribution is -2.15. The zero-order valence-electron chi connectivity index (χ0n) is 11.9. The molecule has 0 saturated carbocycles. The van der Waals surface area contributed by atoms with Gasteiger partial charge in [-0.15, -0.1) is 0 Å². The first-order valence-electron chi connectivity index (χ1n) is 7.15. The molecule has 0 unspecified atom stereocenters. The van der Waals surface area contributed by atoms with E-state index in [0.29, 0.717) is 0 Å². The maximum atomic E-state index is 11.7. The van der Waals surface area contributed by atoms with E-state index in [1.165, 1.54) is 19.3 Å². The van der Waals surface area contributed by atoms with Crippen LogP contribution in [0.3, 0.4) is 0 Å². The predicted molar refractivity (Wildman–Crippen MR) is 82.6 cm³/mol. The Balaban J connectivity index is 2.29. The van der Waals surface area contributed by atoms with Crippen LogP contribution in [0.2, 0.25) is 0 Å². The number of rotatable bonds is 6. The minimum atomic E-state index is -0.213. The Morgan fingerprint density at radius 2 is 2.10 bits per heavy atom. The Morgan fingerprint density at radius 3 is 2.80 bits per heavy atom. The van der Waals surface area contributed by atoms with Crippen molar-refractivity contribution in [2.75, 3.05) is 5.73 Å². The first-order valence-corrected chi connectivity index (χ1v) is 7.15. The Labute approximate surface area is 119 Å². The van der Waals surface area contributed by atoms with E-state index in [9.17, 15) is 4.79 Å². The number of aromatic nitrogens is 2. The summed E-state index contributed by atoms with van der Waals surface area (Å²) in [6, 6.07) is 7.48. The summed E-state index contributed by atoms with van der Waals surface area (Å²) in [6.45, 7) is 2.18. The molecule has 3 N–H and O–H groups in total. The van der Waals surface area contributed by atoms with E-state index in [4.69, 9.17) is 5.73 Å². The summed E-state index contributed by atoms with van der Waals surface area (Å²) in [4.78, 5) is 19.0. The highest BCUT2D eigenvalue weighted by molar-refractivity contribution is 5.65. The second kappa shape index (κ2) is 6.89. The monoisotopic (exact) mass is 271 g/mol. The Kier molecular flexibility index (Phi) is 4.93. The minimum absolute atomic E-state index is 0.213. The van der Waals surface area contributed by atoms with E-state index in [1.807, 2.05) is 18.2 Å². The molecule has 0 bridgehead atoms. The smallest absolute Gasteiger partial charge is 0.271 e. The summed E-state index contributed by atoms with van der Waals surface area (Å²) in [5, 5.41) is 0. The van der Waals surface area contributed by atoms with Gasteiger partial charge in [0.25, 0.3) is 5.56 Å². The first kappa shape index (κ1) is 14.3. The van der Waals surface area contributed by atoms with Gasteiger partial charge in [0, 0.05) is 17.5 Å². The molecule has 20 heavy (non-hydrogen) atoms. The molecule has 106 valence electrons. The van der Waals surface area contributed by atoms with Gasteiger partial charge >= 0.3 is 0 Å². The zero-order valence-corrected chi connectivity index (χ0v) is 11.9. The second-order valence-corrected chi connectivity index (χ2v) is 4.97. The fraction of sp³-hybridized carbons (Fsp3) is 0.375. The molecule has 0 amide bonds. The zero-order chi connectivity index (χ0) is 14.4.